The number of nitrogens with two attached hydrogens (primary N) is 1. The van der Waals surface area contributed by atoms with Gasteiger partial charge in [-0.05, 0) is 72.3 Å². The largest absolute Gasteiger partial charge is 0.391 e. The van der Waals surface area contributed by atoms with E-state index in [0.29, 0.717) is 11.9 Å². The topological polar surface area (TPSA) is 80.8 Å². The van der Waals surface area contributed by atoms with Crippen LogP contribution < -0.4 is 16.4 Å². The second-order valence-corrected chi connectivity index (χ2v) is 8.02. The molecule has 3 heterocycles. The zero-order valence-electron chi connectivity index (χ0n) is 14.3. The van der Waals surface area contributed by atoms with E-state index >= 15 is 0 Å². The summed E-state index contributed by atoms with van der Waals surface area (Å²) in [6.07, 6.45) is 12.0. The first-order valence-corrected chi connectivity index (χ1v) is 9.90. The average Bonchev–Trinajstić information content (AvgIpc) is 3.21. The molecular weight excluding hydrogens is 380 g/mol. The Kier molecular flexibility index (Phi) is 4.94. The molecule has 0 saturated heterocycles. The molecule has 1 saturated carbocycles. The second-order valence-electron chi connectivity index (χ2n) is 7.17. The molecule has 25 heavy (non-hydrogen) atoms. The van der Waals surface area contributed by atoms with Crippen molar-refractivity contribution in [3.8, 4) is 0 Å². The molecule has 7 heteroatoms. The number of nitrogen functional groups attached to an aromatic ring is 1. The number of hydrogen-bond donors (Lipinski definition) is 3. The van der Waals surface area contributed by atoms with Gasteiger partial charge >= 0.3 is 0 Å². The van der Waals surface area contributed by atoms with Crippen LogP contribution in [0.15, 0.2) is 28.8 Å². The number of aromatic nitrogens is 3. The molecule has 0 aromatic carbocycles. The van der Waals surface area contributed by atoms with E-state index in [4.69, 9.17) is 5.73 Å². The van der Waals surface area contributed by atoms with E-state index in [1.54, 1.807) is 6.33 Å². The highest BCUT2D eigenvalue weighted by Gasteiger charge is 2.27. The molecule has 2 aliphatic rings. The molecular formula is C18H25BrN6. The summed E-state index contributed by atoms with van der Waals surface area (Å²) in [5.74, 6) is 1.26. The van der Waals surface area contributed by atoms with Gasteiger partial charge in [-0.3, -0.25) is 0 Å². The molecule has 4 rings (SSSR count). The predicted molar refractivity (Wildman–Crippen MR) is 104 cm³/mol. The Labute approximate surface area is 156 Å². The fraction of sp³-hybridized carbons (Fsp3) is 0.556. The van der Waals surface area contributed by atoms with Gasteiger partial charge < -0.3 is 20.9 Å². The van der Waals surface area contributed by atoms with E-state index in [0.717, 1.165) is 41.1 Å². The van der Waals surface area contributed by atoms with Gasteiger partial charge in [0.2, 0.25) is 0 Å². The Hall–Kier alpha value is -1.60. The number of rotatable bonds is 5. The second kappa shape index (κ2) is 7.33. The molecule has 0 radical (unpaired) electrons. The fourth-order valence-electron chi connectivity index (χ4n) is 4.11. The van der Waals surface area contributed by atoms with Crippen LogP contribution in [0.5, 0.6) is 0 Å². The summed E-state index contributed by atoms with van der Waals surface area (Å²) in [5, 5.41) is 7.91. The SMILES string of the molecule is Nc1ncnc2c1c(Br)cn2[C@H]1CC[C@@H](CNCC2=CNCCC2)C1. The minimum absolute atomic E-state index is 0.491. The molecule has 2 aromatic heterocycles. The van der Waals surface area contributed by atoms with Gasteiger partial charge in [0, 0.05) is 29.8 Å². The lowest BCUT2D eigenvalue weighted by Gasteiger charge is -2.17. The van der Waals surface area contributed by atoms with Gasteiger partial charge in [0.25, 0.3) is 0 Å². The number of nitrogens with zero attached hydrogens (tertiary/aromatic N) is 3. The van der Waals surface area contributed by atoms with Crippen molar-refractivity contribution in [2.45, 2.75) is 38.1 Å². The van der Waals surface area contributed by atoms with E-state index in [9.17, 15) is 0 Å². The zero-order valence-corrected chi connectivity index (χ0v) is 15.9. The third-order valence-corrected chi connectivity index (χ3v) is 6.01. The van der Waals surface area contributed by atoms with Crippen molar-refractivity contribution >= 4 is 32.8 Å². The van der Waals surface area contributed by atoms with Crippen LogP contribution >= 0.6 is 15.9 Å². The first-order valence-electron chi connectivity index (χ1n) is 9.11. The fourth-order valence-corrected chi connectivity index (χ4v) is 4.71. The molecule has 0 unspecified atom stereocenters. The number of fused-ring (bicyclic) bond motifs is 1. The number of hydrogen-bond acceptors (Lipinski definition) is 5. The van der Waals surface area contributed by atoms with Crippen molar-refractivity contribution in [2.24, 2.45) is 5.92 Å². The van der Waals surface area contributed by atoms with Gasteiger partial charge in [-0.15, -0.1) is 0 Å². The van der Waals surface area contributed by atoms with Crippen LogP contribution in [0.3, 0.4) is 0 Å². The summed E-state index contributed by atoms with van der Waals surface area (Å²) in [4.78, 5) is 8.58. The lowest BCUT2D eigenvalue weighted by atomic mass is 10.1. The maximum absolute atomic E-state index is 6.02. The van der Waals surface area contributed by atoms with E-state index in [1.165, 1.54) is 37.7 Å². The van der Waals surface area contributed by atoms with Crippen molar-refractivity contribution < 1.29 is 0 Å². The van der Waals surface area contributed by atoms with Crippen LogP contribution in [-0.2, 0) is 0 Å². The highest BCUT2D eigenvalue weighted by molar-refractivity contribution is 9.10. The molecule has 6 nitrogen and oxygen atoms in total. The van der Waals surface area contributed by atoms with E-state index in [-0.39, 0.29) is 0 Å². The molecule has 0 amide bonds. The highest BCUT2D eigenvalue weighted by atomic mass is 79.9. The molecule has 2 atom stereocenters. The number of nitrogens with one attached hydrogen (secondary N) is 2. The molecule has 4 N–H and O–H groups in total. The van der Waals surface area contributed by atoms with Crippen molar-refractivity contribution in [1.82, 2.24) is 25.2 Å². The summed E-state index contributed by atoms with van der Waals surface area (Å²) in [7, 11) is 0. The Morgan fingerprint density at radius 2 is 2.28 bits per heavy atom. The van der Waals surface area contributed by atoms with Gasteiger partial charge in [-0.25, -0.2) is 9.97 Å². The van der Waals surface area contributed by atoms with Gasteiger partial charge in [0.1, 0.15) is 17.8 Å². The highest BCUT2D eigenvalue weighted by Crippen LogP contribution is 2.39. The van der Waals surface area contributed by atoms with Crippen LogP contribution in [0.2, 0.25) is 0 Å². The summed E-state index contributed by atoms with van der Waals surface area (Å²) < 4.78 is 3.27. The van der Waals surface area contributed by atoms with Crippen LogP contribution in [0.1, 0.15) is 38.1 Å². The van der Waals surface area contributed by atoms with Gasteiger partial charge in [-0.1, -0.05) is 0 Å². The maximum atomic E-state index is 6.02. The van der Waals surface area contributed by atoms with Crippen molar-refractivity contribution in [2.75, 3.05) is 25.4 Å². The monoisotopic (exact) mass is 404 g/mol. The normalized spacial score (nSPS) is 23.6. The number of anilines is 1. The van der Waals surface area contributed by atoms with Crippen LogP contribution in [0.25, 0.3) is 11.0 Å². The Morgan fingerprint density at radius 3 is 3.12 bits per heavy atom. The third-order valence-electron chi connectivity index (χ3n) is 5.41. The first kappa shape index (κ1) is 16.8. The molecule has 1 aliphatic heterocycles. The smallest absolute Gasteiger partial charge is 0.146 e. The lowest BCUT2D eigenvalue weighted by molar-refractivity contribution is 0.460. The van der Waals surface area contributed by atoms with Gasteiger partial charge in [0.15, 0.2) is 0 Å². The maximum Gasteiger partial charge on any atom is 0.146 e. The molecule has 2 aromatic rings. The third kappa shape index (κ3) is 3.53. The molecule has 134 valence electrons. The van der Waals surface area contributed by atoms with Gasteiger partial charge in [0.05, 0.1) is 5.39 Å². The van der Waals surface area contributed by atoms with Gasteiger partial charge in [-0.2, -0.15) is 0 Å². The zero-order chi connectivity index (χ0) is 17.2. The quantitative estimate of drug-likeness (QED) is 0.713. The van der Waals surface area contributed by atoms with Crippen LogP contribution in [0, 0.1) is 5.92 Å². The average molecular weight is 405 g/mol. The summed E-state index contributed by atoms with van der Waals surface area (Å²) >= 11 is 3.61. The minimum atomic E-state index is 0.491. The minimum Gasteiger partial charge on any atom is -0.391 e. The van der Waals surface area contributed by atoms with Crippen molar-refractivity contribution in [3.05, 3.63) is 28.8 Å². The lowest BCUT2D eigenvalue weighted by Crippen LogP contribution is -2.26. The van der Waals surface area contributed by atoms with Crippen molar-refractivity contribution in [1.29, 1.82) is 0 Å². The number of halogens is 1. The first-order chi connectivity index (χ1) is 12.2. The summed E-state index contributed by atoms with van der Waals surface area (Å²) in [6, 6.07) is 0.491. The van der Waals surface area contributed by atoms with Crippen LogP contribution in [0.4, 0.5) is 5.82 Å². The molecule has 0 spiro atoms. The Bertz CT molecular complexity index is 783. The molecule has 0 bridgehead atoms. The van der Waals surface area contributed by atoms with Crippen LogP contribution in [-0.4, -0.2) is 34.2 Å². The molecule has 1 fully saturated rings. The van der Waals surface area contributed by atoms with E-state index < -0.39 is 0 Å². The Balaban J connectivity index is 1.38. The Morgan fingerprint density at radius 1 is 1.36 bits per heavy atom. The van der Waals surface area contributed by atoms with Crippen molar-refractivity contribution in [3.63, 3.8) is 0 Å². The predicted octanol–water partition coefficient (Wildman–Crippen LogP) is 2.97. The molecule has 1 aliphatic carbocycles. The van der Waals surface area contributed by atoms with E-state index in [2.05, 4.69) is 53.5 Å². The summed E-state index contributed by atoms with van der Waals surface area (Å²) in [6.45, 7) is 3.21. The summed E-state index contributed by atoms with van der Waals surface area (Å²) in [5.41, 5.74) is 8.45. The standard InChI is InChI=1S/C18H25BrN6/c19-15-10-25(18-16(15)17(20)23-11-24-18)14-4-3-12(6-14)7-22-9-13-2-1-5-21-8-13/h8,10-12,14,21-22H,1-7,9H2,(H2,20,23,24)/t12-,14+/m1/s1. The van der Waals surface area contributed by atoms with E-state index in [1.807, 2.05) is 0 Å².